The fourth-order valence-corrected chi connectivity index (χ4v) is 2.72. The van der Waals surface area contributed by atoms with Crippen molar-refractivity contribution in [2.45, 2.75) is 45.2 Å². The molecule has 118 valence electrons. The van der Waals surface area contributed by atoms with Gasteiger partial charge < -0.3 is 4.90 Å². The van der Waals surface area contributed by atoms with Crippen molar-refractivity contribution in [2.24, 2.45) is 0 Å². The molecule has 1 aliphatic carbocycles. The fourth-order valence-electron chi connectivity index (χ4n) is 2.72. The van der Waals surface area contributed by atoms with Gasteiger partial charge in [0.05, 0.1) is 11.7 Å². The van der Waals surface area contributed by atoms with Gasteiger partial charge in [0.25, 0.3) is 0 Å². The highest BCUT2D eigenvalue weighted by atomic mass is 19.1. The molecule has 0 spiro atoms. The van der Waals surface area contributed by atoms with E-state index in [2.05, 4.69) is 29.7 Å². The smallest absolute Gasteiger partial charge is 0.123 e. The van der Waals surface area contributed by atoms with E-state index >= 15 is 0 Å². The van der Waals surface area contributed by atoms with Crippen LogP contribution in [-0.2, 0) is 6.54 Å². The number of rotatable bonds is 7. The van der Waals surface area contributed by atoms with Crippen LogP contribution in [0.4, 0.5) is 4.39 Å². The number of aromatic nitrogens is 2. The Kier molecular flexibility index (Phi) is 4.57. The van der Waals surface area contributed by atoms with E-state index in [0.29, 0.717) is 6.04 Å². The van der Waals surface area contributed by atoms with Gasteiger partial charge in [-0.1, -0.05) is 13.3 Å². The van der Waals surface area contributed by atoms with Crippen LogP contribution in [0.25, 0.3) is 11.3 Å². The van der Waals surface area contributed by atoms with Gasteiger partial charge in [-0.2, -0.15) is 5.10 Å². The summed E-state index contributed by atoms with van der Waals surface area (Å²) in [6, 6.07) is 7.23. The first kappa shape index (κ1) is 15.2. The molecule has 3 rings (SSSR count). The highest BCUT2D eigenvalue weighted by molar-refractivity contribution is 5.62. The van der Waals surface area contributed by atoms with Crippen LogP contribution in [0.3, 0.4) is 0 Å². The maximum atomic E-state index is 13.2. The van der Waals surface area contributed by atoms with Gasteiger partial charge in [0, 0.05) is 23.9 Å². The number of unbranched alkanes of at least 4 members (excludes halogenated alkanes) is 1. The second-order valence-electron chi connectivity index (χ2n) is 6.31. The lowest BCUT2D eigenvalue weighted by Gasteiger charge is -2.15. The third kappa shape index (κ3) is 3.55. The molecule has 22 heavy (non-hydrogen) atoms. The van der Waals surface area contributed by atoms with Crippen LogP contribution in [0.1, 0.15) is 44.2 Å². The molecule has 0 amide bonds. The lowest BCUT2D eigenvalue weighted by atomic mass is 10.1. The predicted octanol–water partition coefficient (Wildman–Crippen LogP) is 4.26. The second kappa shape index (κ2) is 6.61. The van der Waals surface area contributed by atoms with Crippen molar-refractivity contribution in [3.63, 3.8) is 0 Å². The van der Waals surface area contributed by atoms with Gasteiger partial charge in [-0.25, -0.2) is 4.39 Å². The SMILES string of the molecule is CCCCN(C)Cc1cn(C2CC2)nc1-c1ccc(F)cc1. The molecular formula is C18H24FN3. The quantitative estimate of drug-likeness (QED) is 0.762. The molecule has 2 aromatic rings. The average molecular weight is 301 g/mol. The van der Waals surface area contributed by atoms with Crippen LogP contribution in [0.5, 0.6) is 0 Å². The second-order valence-corrected chi connectivity index (χ2v) is 6.31. The normalized spacial score (nSPS) is 14.7. The minimum atomic E-state index is -0.202. The van der Waals surface area contributed by atoms with Crippen LogP contribution < -0.4 is 0 Å². The number of benzene rings is 1. The molecule has 1 aliphatic rings. The molecule has 0 aliphatic heterocycles. The molecule has 0 radical (unpaired) electrons. The van der Waals surface area contributed by atoms with Crippen molar-refractivity contribution in [3.05, 3.63) is 41.8 Å². The Morgan fingerprint density at radius 3 is 2.64 bits per heavy atom. The van der Waals surface area contributed by atoms with Crippen LogP contribution in [0, 0.1) is 5.82 Å². The molecular weight excluding hydrogens is 277 g/mol. The Morgan fingerprint density at radius 2 is 2.00 bits per heavy atom. The maximum absolute atomic E-state index is 13.2. The predicted molar refractivity (Wildman–Crippen MR) is 87.1 cm³/mol. The topological polar surface area (TPSA) is 21.1 Å². The zero-order chi connectivity index (χ0) is 15.5. The van der Waals surface area contributed by atoms with E-state index in [1.807, 2.05) is 12.1 Å². The molecule has 0 bridgehead atoms. The van der Waals surface area contributed by atoms with Gasteiger partial charge in [0.1, 0.15) is 5.82 Å². The summed E-state index contributed by atoms with van der Waals surface area (Å²) in [6.45, 7) is 4.19. The van der Waals surface area contributed by atoms with E-state index in [1.165, 1.54) is 43.4 Å². The van der Waals surface area contributed by atoms with Gasteiger partial charge in [-0.15, -0.1) is 0 Å². The summed E-state index contributed by atoms with van der Waals surface area (Å²) in [5.74, 6) is -0.202. The summed E-state index contributed by atoms with van der Waals surface area (Å²) in [5.41, 5.74) is 3.23. The van der Waals surface area contributed by atoms with Gasteiger partial charge in [0.15, 0.2) is 0 Å². The first-order valence-electron chi connectivity index (χ1n) is 8.20. The molecule has 0 N–H and O–H groups in total. The van der Waals surface area contributed by atoms with Crippen LogP contribution in [-0.4, -0.2) is 28.3 Å². The highest BCUT2D eigenvalue weighted by Gasteiger charge is 2.26. The first-order chi connectivity index (χ1) is 10.7. The molecule has 0 saturated heterocycles. The fraction of sp³-hybridized carbons (Fsp3) is 0.500. The van der Waals surface area contributed by atoms with Crippen molar-refractivity contribution in [2.75, 3.05) is 13.6 Å². The zero-order valence-corrected chi connectivity index (χ0v) is 13.4. The van der Waals surface area contributed by atoms with Gasteiger partial charge in [0.2, 0.25) is 0 Å². The molecule has 1 aromatic heterocycles. The molecule has 1 heterocycles. The zero-order valence-electron chi connectivity index (χ0n) is 13.4. The minimum Gasteiger partial charge on any atom is -0.302 e. The van der Waals surface area contributed by atoms with Crippen LogP contribution in [0.2, 0.25) is 0 Å². The molecule has 1 aromatic carbocycles. The minimum absolute atomic E-state index is 0.202. The molecule has 1 fully saturated rings. The maximum Gasteiger partial charge on any atom is 0.123 e. The number of hydrogen-bond donors (Lipinski definition) is 0. The summed E-state index contributed by atoms with van der Waals surface area (Å²) in [4.78, 5) is 2.34. The van der Waals surface area contributed by atoms with Crippen molar-refractivity contribution in [1.29, 1.82) is 0 Å². The largest absolute Gasteiger partial charge is 0.302 e. The van der Waals surface area contributed by atoms with Crippen molar-refractivity contribution in [3.8, 4) is 11.3 Å². The van der Waals surface area contributed by atoms with E-state index in [4.69, 9.17) is 5.10 Å². The van der Waals surface area contributed by atoms with Gasteiger partial charge in [-0.3, -0.25) is 4.68 Å². The van der Waals surface area contributed by atoms with Crippen LogP contribution in [0.15, 0.2) is 30.5 Å². The van der Waals surface area contributed by atoms with Crippen molar-refractivity contribution < 1.29 is 4.39 Å². The molecule has 0 unspecified atom stereocenters. The monoisotopic (exact) mass is 301 g/mol. The van der Waals surface area contributed by atoms with Crippen molar-refractivity contribution >= 4 is 0 Å². The highest BCUT2D eigenvalue weighted by Crippen LogP contribution is 2.36. The first-order valence-corrected chi connectivity index (χ1v) is 8.20. The average Bonchev–Trinajstić information content (AvgIpc) is 3.28. The number of hydrogen-bond acceptors (Lipinski definition) is 2. The third-order valence-electron chi connectivity index (χ3n) is 4.18. The number of nitrogens with zero attached hydrogens (tertiary/aromatic N) is 3. The van der Waals surface area contributed by atoms with Crippen molar-refractivity contribution in [1.82, 2.24) is 14.7 Å². The van der Waals surface area contributed by atoms with Crippen LogP contribution >= 0.6 is 0 Å². The molecule has 3 nitrogen and oxygen atoms in total. The Bertz CT molecular complexity index is 614. The Morgan fingerprint density at radius 1 is 1.27 bits per heavy atom. The van der Waals surface area contributed by atoms with Gasteiger partial charge in [-0.05, 0) is 57.1 Å². The Balaban J connectivity index is 1.85. The summed E-state index contributed by atoms with van der Waals surface area (Å²) in [7, 11) is 2.15. The van der Waals surface area contributed by atoms with E-state index in [-0.39, 0.29) is 5.82 Å². The standard InChI is InChI=1S/C18H24FN3/c1-3-4-11-21(2)12-15-13-22(17-9-10-17)20-18(15)14-5-7-16(19)8-6-14/h5-8,13,17H,3-4,9-12H2,1-2H3. The third-order valence-corrected chi connectivity index (χ3v) is 4.18. The summed E-state index contributed by atoms with van der Waals surface area (Å²) >= 11 is 0. The Hall–Kier alpha value is -1.68. The summed E-state index contributed by atoms with van der Waals surface area (Å²) in [5, 5.41) is 4.77. The van der Waals surface area contributed by atoms with E-state index < -0.39 is 0 Å². The van der Waals surface area contributed by atoms with E-state index in [0.717, 1.165) is 24.3 Å². The summed E-state index contributed by atoms with van der Waals surface area (Å²) < 4.78 is 15.3. The Labute approximate surface area is 131 Å². The molecule has 4 heteroatoms. The molecule has 1 saturated carbocycles. The molecule has 0 atom stereocenters. The summed E-state index contributed by atoms with van der Waals surface area (Å²) in [6.07, 6.45) is 7.03. The van der Waals surface area contributed by atoms with E-state index in [9.17, 15) is 4.39 Å². The number of halogens is 1. The van der Waals surface area contributed by atoms with E-state index in [1.54, 1.807) is 0 Å². The lowest BCUT2D eigenvalue weighted by molar-refractivity contribution is 0.321. The van der Waals surface area contributed by atoms with Gasteiger partial charge >= 0.3 is 0 Å². The lowest BCUT2D eigenvalue weighted by Crippen LogP contribution is -2.19.